The number of anilines is 1. The molecule has 2 aromatic rings. The van der Waals surface area contributed by atoms with Crippen LogP contribution in [0.25, 0.3) is 0 Å². The molecular formula is C19H21F2N3O2. The van der Waals surface area contributed by atoms with Crippen molar-refractivity contribution in [2.45, 2.75) is 26.4 Å². The van der Waals surface area contributed by atoms with E-state index in [9.17, 15) is 13.6 Å². The van der Waals surface area contributed by atoms with Gasteiger partial charge < -0.3 is 10.1 Å². The number of hydrazone groups is 1. The van der Waals surface area contributed by atoms with Crippen LogP contribution in [0.1, 0.15) is 18.9 Å². The van der Waals surface area contributed by atoms with Gasteiger partial charge >= 0.3 is 6.61 Å². The third-order valence-corrected chi connectivity index (χ3v) is 3.52. The first-order valence-corrected chi connectivity index (χ1v) is 8.17. The number of hydrogen-bond donors (Lipinski definition) is 2. The summed E-state index contributed by atoms with van der Waals surface area (Å²) in [7, 11) is 0. The molecule has 0 saturated carbocycles. The summed E-state index contributed by atoms with van der Waals surface area (Å²) in [4.78, 5) is 11.8. The number of alkyl halides is 2. The molecule has 0 bridgehead atoms. The van der Waals surface area contributed by atoms with Crippen LogP contribution in [0.15, 0.2) is 59.7 Å². The quantitative estimate of drug-likeness (QED) is 0.527. The molecule has 2 aromatic carbocycles. The number of aryl methyl sites for hydroxylation is 1. The van der Waals surface area contributed by atoms with E-state index in [2.05, 4.69) is 20.6 Å². The van der Waals surface area contributed by atoms with Crippen LogP contribution in [0.5, 0.6) is 5.75 Å². The first-order chi connectivity index (χ1) is 12.5. The van der Waals surface area contributed by atoms with Crippen molar-refractivity contribution in [3.05, 3.63) is 60.2 Å². The molecule has 2 rings (SSSR count). The van der Waals surface area contributed by atoms with E-state index in [1.165, 1.54) is 12.1 Å². The maximum atomic E-state index is 12.1. The molecule has 0 aliphatic carbocycles. The highest BCUT2D eigenvalue weighted by molar-refractivity contribution is 5.85. The third-order valence-electron chi connectivity index (χ3n) is 3.52. The van der Waals surface area contributed by atoms with E-state index in [0.717, 1.165) is 17.0 Å². The Kier molecular flexibility index (Phi) is 7.54. The van der Waals surface area contributed by atoms with Gasteiger partial charge in [-0.15, -0.1) is 0 Å². The number of carbonyl (C=O) groups is 1. The maximum Gasteiger partial charge on any atom is 0.387 e. The Labute approximate surface area is 151 Å². The van der Waals surface area contributed by atoms with Crippen molar-refractivity contribution in [2.24, 2.45) is 5.10 Å². The molecule has 0 aromatic heterocycles. The van der Waals surface area contributed by atoms with Crippen LogP contribution in [0.4, 0.5) is 14.5 Å². The largest absolute Gasteiger partial charge is 0.435 e. The highest BCUT2D eigenvalue weighted by atomic mass is 19.3. The van der Waals surface area contributed by atoms with Crippen LogP contribution in [-0.2, 0) is 11.2 Å². The smallest absolute Gasteiger partial charge is 0.387 e. The minimum absolute atomic E-state index is 0.131. The molecule has 26 heavy (non-hydrogen) atoms. The number of halogens is 2. The second-order valence-corrected chi connectivity index (χ2v) is 5.62. The van der Waals surface area contributed by atoms with Gasteiger partial charge in [-0.3, -0.25) is 4.79 Å². The van der Waals surface area contributed by atoms with Gasteiger partial charge in [-0.2, -0.15) is 13.9 Å². The van der Waals surface area contributed by atoms with E-state index in [-0.39, 0.29) is 18.2 Å². The standard InChI is InChI=1S/C19H21F2N3O2/c1-14(7-8-15-9-11-17(12-10-15)26-19(20)21)23-24-18(25)13-22-16-5-3-2-4-6-16/h2-6,9-12,19,22H,7-8,13H2,1H3,(H,24,25)/b23-14-. The average Bonchev–Trinajstić information content (AvgIpc) is 2.64. The van der Waals surface area contributed by atoms with Gasteiger partial charge in [0.15, 0.2) is 0 Å². The second kappa shape index (κ2) is 10.1. The fourth-order valence-corrected chi connectivity index (χ4v) is 2.15. The van der Waals surface area contributed by atoms with E-state index in [1.807, 2.05) is 37.3 Å². The molecule has 0 saturated heterocycles. The normalized spacial score (nSPS) is 11.3. The Morgan fingerprint density at radius 2 is 1.81 bits per heavy atom. The van der Waals surface area contributed by atoms with Crippen molar-refractivity contribution in [3.63, 3.8) is 0 Å². The van der Waals surface area contributed by atoms with Crippen molar-refractivity contribution in [1.29, 1.82) is 0 Å². The van der Waals surface area contributed by atoms with Gasteiger partial charge in [-0.25, -0.2) is 5.43 Å². The number of rotatable bonds is 9. The summed E-state index contributed by atoms with van der Waals surface area (Å²) in [6.07, 6.45) is 1.32. The average molecular weight is 361 g/mol. The maximum absolute atomic E-state index is 12.1. The first-order valence-electron chi connectivity index (χ1n) is 8.17. The Balaban J connectivity index is 1.71. The van der Waals surface area contributed by atoms with Crippen LogP contribution < -0.4 is 15.5 Å². The SMILES string of the molecule is C/C(CCc1ccc(OC(F)F)cc1)=N/NC(=O)CNc1ccccc1. The topological polar surface area (TPSA) is 62.7 Å². The van der Waals surface area contributed by atoms with Crippen molar-refractivity contribution in [2.75, 3.05) is 11.9 Å². The summed E-state index contributed by atoms with van der Waals surface area (Å²) in [5.74, 6) is -0.103. The van der Waals surface area contributed by atoms with E-state index < -0.39 is 6.61 Å². The first kappa shape index (κ1) is 19.4. The summed E-state index contributed by atoms with van der Waals surface area (Å²) in [5.41, 5.74) is 5.11. The van der Waals surface area contributed by atoms with Gasteiger partial charge in [-0.1, -0.05) is 30.3 Å². The zero-order chi connectivity index (χ0) is 18.8. The predicted octanol–water partition coefficient (Wildman–Crippen LogP) is 3.82. The number of nitrogens with one attached hydrogen (secondary N) is 2. The highest BCUT2D eigenvalue weighted by Crippen LogP contribution is 2.15. The molecule has 0 heterocycles. The van der Waals surface area contributed by atoms with Crippen LogP contribution in [0, 0.1) is 0 Å². The Hall–Kier alpha value is -2.96. The van der Waals surface area contributed by atoms with Crippen LogP contribution in [-0.4, -0.2) is 24.8 Å². The highest BCUT2D eigenvalue weighted by Gasteiger charge is 2.04. The van der Waals surface area contributed by atoms with E-state index in [1.54, 1.807) is 12.1 Å². The lowest BCUT2D eigenvalue weighted by Gasteiger charge is -2.07. The van der Waals surface area contributed by atoms with Gasteiger partial charge in [0.05, 0.1) is 6.54 Å². The number of nitrogens with zero attached hydrogens (tertiary/aromatic N) is 1. The minimum atomic E-state index is -2.82. The number of carbonyl (C=O) groups excluding carboxylic acids is 1. The molecule has 0 spiro atoms. The molecule has 0 aliphatic rings. The van der Waals surface area contributed by atoms with Gasteiger partial charge in [0.25, 0.3) is 5.91 Å². The number of para-hydroxylation sites is 1. The summed E-state index contributed by atoms with van der Waals surface area (Å²) >= 11 is 0. The fourth-order valence-electron chi connectivity index (χ4n) is 2.15. The molecule has 7 heteroatoms. The molecule has 1 amide bonds. The zero-order valence-corrected chi connectivity index (χ0v) is 14.4. The number of hydrogen-bond acceptors (Lipinski definition) is 4. The second-order valence-electron chi connectivity index (χ2n) is 5.62. The molecule has 0 unspecified atom stereocenters. The lowest BCUT2D eigenvalue weighted by atomic mass is 10.1. The minimum Gasteiger partial charge on any atom is -0.435 e. The molecule has 0 radical (unpaired) electrons. The predicted molar refractivity (Wildman–Crippen MR) is 97.6 cm³/mol. The van der Waals surface area contributed by atoms with Gasteiger partial charge in [-0.05, 0) is 49.6 Å². The molecule has 0 aliphatic heterocycles. The van der Waals surface area contributed by atoms with Gasteiger partial charge in [0.2, 0.25) is 0 Å². The fraction of sp³-hybridized carbons (Fsp3) is 0.263. The molecule has 0 fully saturated rings. The Morgan fingerprint density at radius 3 is 2.46 bits per heavy atom. The molecular weight excluding hydrogens is 340 g/mol. The molecule has 2 N–H and O–H groups in total. The molecule has 138 valence electrons. The van der Waals surface area contributed by atoms with Crippen LogP contribution in [0.3, 0.4) is 0 Å². The summed E-state index contributed by atoms with van der Waals surface area (Å²) < 4.78 is 28.5. The van der Waals surface area contributed by atoms with E-state index in [0.29, 0.717) is 12.8 Å². The lowest BCUT2D eigenvalue weighted by Crippen LogP contribution is -2.26. The van der Waals surface area contributed by atoms with Gasteiger partial charge in [0.1, 0.15) is 5.75 Å². The van der Waals surface area contributed by atoms with E-state index >= 15 is 0 Å². The third kappa shape index (κ3) is 7.29. The summed E-state index contributed by atoms with van der Waals surface area (Å²) in [5, 5.41) is 7.06. The van der Waals surface area contributed by atoms with Crippen molar-refractivity contribution < 1.29 is 18.3 Å². The summed E-state index contributed by atoms with van der Waals surface area (Å²) in [6, 6.07) is 15.9. The van der Waals surface area contributed by atoms with Crippen molar-refractivity contribution in [1.82, 2.24) is 5.43 Å². The van der Waals surface area contributed by atoms with Gasteiger partial charge in [0, 0.05) is 11.4 Å². The van der Waals surface area contributed by atoms with E-state index in [4.69, 9.17) is 0 Å². The zero-order valence-electron chi connectivity index (χ0n) is 14.4. The van der Waals surface area contributed by atoms with Crippen LogP contribution >= 0.6 is 0 Å². The van der Waals surface area contributed by atoms with Crippen molar-refractivity contribution >= 4 is 17.3 Å². The molecule has 5 nitrogen and oxygen atoms in total. The Morgan fingerprint density at radius 1 is 1.12 bits per heavy atom. The summed E-state index contributed by atoms with van der Waals surface area (Å²) in [6.45, 7) is -0.874. The van der Waals surface area contributed by atoms with Crippen molar-refractivity contribution in [3.8, 4) is 5.75 Å². The van der Waals surface area contributed by atoms with Crippen LogP contribution in [0.2, 0.25) is 0 Å². The number of ether oxygens (including phenoxy) is 1. The molecule has 0 atom stereocenters. The Bertz CT molecular complexity index is 719. The number of benzene rings is 2. The number of amides is 1. The monoisotopic (exact) mass is 361 g/mol. The lowest BCUT2D eigenvalue weighted by molar-refractivity contribution is -0.119.